The molecule has 4 aromatic heterocycles. The van der Waals surface area contributed by atoms with E-state index in [4.69, 9.17) is 14.0 Å². The number of aliphatic hydroxyl groups excluding tert-OH is 2. The first-order valence-electron chi connectivity index (χ1n) is 13.3. The molecular weight excluding hydrogens is 593 g/mol. The highest BCUT2D eigenvalue weighted by molar-refractivity contribution is 7.17. The van der Waals surface area contributed by atoms with Crippen molar-refractivity contribution in [2.45, 2.75) is 49.5 Å². The molecule has 43 heavy (non-hydrogen) atoms. The Kier molecular flexibility index (Phi) is 8.73. The number of nitrogens with zero attached hydrogens (tertiary/aromatic N) is 8. The summed E-state index contributed by atoms with van der Waals surface area (Å²) in [7, 11) is -0.720. The molecular formula is C24H27F2N10O6P. The molecule has 6 heterocycles. The minimum absolute atomic E-state index is 0.0927. The van der Waals surface area contributed by atoms with Crippen molar-refractivity contribution in [1.82, 2.24) is 39.0 Å². The summed E-state index contributed by atoms with van der Waals surface area (Å²) in [6.45, 7) is -0.0201. The molecule has 0 spiro atoms. The molecule has 16 nitrogen and oxygen atoms in total. The van der Waals surface area contributed by atoms with Gasteiger partial charge >= 0.3 is 8.69 Å². The van der Waals surface area contributed by atoms with E-state index < -0.39 is 58.4 Å². The Morgan fingerprint density at radius 3 is 2.05 bits per heavy atom. The van der Waals surface area contributed by atoms with Crippen molar-refractivity contribution in [1.29, 1.82) is 0 Å². The maximum absolute atomic E-state index is 15.0. The fraction of sp³-hybridized carbons (Fsp3) is 0.500. The molecule has 0 bridgehead atoms. The van der Waals surface area contributed by atoms with Crippen molar-refractivity contribution < 1.29 is 37.6 Å². The molecule has 0 radical (unpaired) electrons. The average Bonchev–Trinajstić information content (AvgIpc) is 3.80. The van der Waals surface area contributed by atoms with E-state index in [0.717, 1.165) is 0 Å². The Hall–Kier alpha value is -3.80. The van der Waals surface area contributed by atoms with E-state index in [9.17, 15) is 19.2 Å². The second kappa shape index (κ2) is 12.8. The van der Waals surface area contributed by atoms with Crippen molar-refractivity contribution in [3.05, 3.63) is 37.5 Å². The van der Waals surface area contributed by atoms with E-state index in [-0.39, 0.29) is 13.0 Å². The van der Waals surface area contributed by atoms with Gasteiger partial charge in [-0.1, -0.05) is 12.2 Å². The van der Waals surface area contributed by atoms with Crippen molar-refractivity contribution in [2.75, 3.05) is 36.9 Å². The summed E-state index contributed by atoms with van der Waals surface area (Å²) in [6, 6.07) is 0. The lowest BCUT2D eigenvalue weighted by Crippen LogP contribution is -2.31. The Morgan fingerprint density at radius 1 is 0.907 bits per heavy atom. The van der Waals surface area contributed by atoms with Crippen LogP contribution in [0.4, 0.5) is 20.4 Å². The highest BCUT2D eigenvalue weighted by atomic mass is 31.1. The van der Waals surface area contributed by atoms with Gasteiger partial charge in [0.1, 0.15) is 31.0 Å². The van der Waals surface area contributed by atoms with E-state index in [1.54, 1.807) is 0 Å². The van der Waals surface area contributed by atoms with Gasteiger partial charge < -0.3 is 30.3 Å². The van der Waals surface area contributed by atoms with Crippen LogP contribution < -0.4 is 10.6 Å². The number of halogens is 2. The van der Waals surface area contributed by atoms with Crippen LogP contribution in [0.15, 0.2) is 37.5 Å². The first-order chi connectivity index (χ1) is 21.0. The quantitative estimate of drug-likeness (QED) is 0.131. The van der Waals surface area contributed by atoms with E-state index in [2.05, 4.69) is 40.5 Å². The van der Waals surface area contributed by atoms with Crippen LogP contribution in [-0.4, -0.2) is 106 Å². The number of alkyl halides is 2. The van der Waals surface area contributed by atoms with Gasteiger partial charge in [0.05, 0.1) is 32.0 Å². The summed E-state index contributed by atoms with van der Waals surface area (Å²) in [5, 5.41) is 25.1. The van der Waals surface area contributed by atoms with Gasteiger partial charge in [0.2, 0.25) is 0 Å². The summed E-state index contributed by atoms with van der Waals surface area (Å²) >= 11 is 0. The third kappa shape index (κ3) is 5.64. The molecule has 0 aliphatic carbocycles. The van der Waals surface area contributed by atoms with Gasteiger partial charge in [-0.2, -0.15) is 0 Å². The van der Waals surface area contributed by atoms with Crippen LogP contribution in [0.2, 0.25) is 0 Å². The number of imidazole rings is 2. The zero-order chi connectivity index (χ0) is 29.9. The van der Waals surface area contributed by atoms with Crippen molar-refractivity contribution in [3.63, 3.8) is 0 Å². The third-order valence-corrected chi connectivity index (χ3v) is 7.48. The van der Waals surface area contributed by atoms with Crippen LogP contribution >= 0.6 is 8.69 Å². The maximum atomic E-state index is 15.0. The van der Waals surface area contributed by atoms with E-state index >= 15 is 4.39 Å². The zero-order valence-electron chi connectivity index (χ0n) is 22.3. The van der Waals surface area contributed by atoms with Crippen LogP contribution in [0, 0.1) is 0 Å². The number of aromatic nitrogens is 8. The Balaban J connectivity index is 1.07. The van der Waals surface area contributed by atoms with Crippen LogP contribution in [0.1, 0.15) is 18.9 Å². The summed E-state index contributed by atoms with van der Waals surface area (Å²) < 4.78 is 59.3. The van der Waals surface area contributed by atoms with Gasteiger partial charge in [0.25, 0.3) is 0 Å². The molecule has 2 aliphatic heterocycles. The first kappa shape index (κ1) is 29.3. The van der Waals surface area contributed by atoms with Crippen LogP contribution in [0.5, 0.6) is 0 Å². The fourth-order valence-electron chi connectivity index (χ4n) is 5.12. The Bertz CT molecular complexity index is 1610. The second-order valence-electron chi connectivity index (χ2n) is 9.75. The third-order valence-electron chi connectivity index (χ3n) is 7.15. The molecule has 0 aromatic carbocycles. The van der Waals surface area contributed by atoms with Crippen molar-refractivity contribution in [2.24, 2.45) is 0 Å². The van der Waals surface area contributed by atoms with Gasteiger partial charge in [-0.15, -0.1) is 0 Å². The lowest BCUT2D eigenvalue weighted by Gasteiger charge is -2.15. The molecule has 4 N–H and O–H groups in total. The molecule has 2 fully saturated rings. The predicted molar refractivity (Wildman–Crippen MR) is 146 cm³/mol. The SMILES string of the molecule is O=PO[C@H]1[C@@H](F)[C@H](n2cnc3c(NC/C=C/CNc4ncnc5c4ncn5[C@@H]4O[C@H](CO)C[C@H]4F)ncnc32)O[C@@H]1CO. The summed E-state index contributed by atoms with van der Waals surface area (Å²) in [4.78, 5) is 25.5. The van der Waals surface area contributed by atoms with Gasteiger partial charge in [0.15, 0.2) is 52.6 Å². The summed E-state index contributed by atoms with van der Waals surface area (Å²) in [5.74, 6) is 0.869. The van der Waals surface area contributed by atoms with Crippen LogP contribution in [0.3, 0.4) is 0 Å². The highest BCUT2D eigenvalue weighted by Crippen LogP contribution is 2.37. The molecule has 0 amide bonds. The fourth-order valence-corrected chi connectivity index (χ4v) is 5.47. The zero-order valence-corrected chi connectivity index (χ0v) is 23.2. The van der Waals surface area contributed by atoms with Crippen molar-refractivity contribution >= 4 is 42.7 Å². The minimum Gasteiger partial charge on any atom is -0.394 e. The van der Waals surface area contributed by atoms with Crippen LogP contribution in [-0.2, 0) is 18.6 Å². The number of fused-ring (bicyclic) bond motifs is 2. The normalized spacial score (nSPS) is 27.7. The molecule has 19 heteroatoms. The monoisotopic (exact) mass is 620 g/mol. The average molecular weight is 621 g/mol. The van der Waals surface area contributed by atoms with E-state index in [1.807, 2.05) is 12.2 Å². The molecule has 7 atom stereocenters. The molecule has 0 unspecified atom stereocenters. The van der Waals surface area contributed by atoms with Gasteiger partial charge in [-0.05, 0) is 0 Å². The highest BCUT2D eigenvalue weighted by Gasteiger charge is 2.47. The smallest absolute Gasteiger partial charge is 0.327 e. The number of hydrogen-bond acceptors (Lipinski definition) is 14. The van der Waals surface area contributed by atoms with Crippen LogP contribution in [0.25, 0.3) is 22.3 Å². The molecule has 2 saturated heterocycles. The van der Waals surface area contributed by atoms with E-state index in [0.29, 0.717) is 47.1 Å². The first-order valence-corrected chi connectivity index (χ1v) is 14.0. The number of nitrogens with one attached hydrogen (secondary N) is 2. The standard InChI is InChI=1S/C24H27F2N10O6P/c25-13-5-12(6-37)40-23(13)35-10-33-16-19(29-8-31-21(16)35)27-3-1-2-4-28-20-17-22(32-9-30-20)36(11-34-17)24-15(26)18(42-43-39)14(7-38)41-24/h1-2,8-15,18,23-24,37-38H,3-7H2,(H,27,29,31)(H,28,30,32)/b2-1+/t12-,13+,14+,15+,18+,23+,24+/m0/s1. The molecule has 6 rings (SSSR count). The van der Waals surface area contributed by atoms with Gasteiger partial charge in [-0.3, -0.25) is 13.7 Å². The number of aliphatic hydroxyl groups is 2. The van der Waals surface area contributed by atoms with E-state index in [1.165, 1.54) is 34.4 Å². The molecule has 0 saturated carbocycles. The number of anilines is 2. The van der Waals surface area contributed by atoms with Gasteiger partial charge in [-0.25, -0.2) is 43.2 Å². The predicted octanol–water partition coefficient (Wildman–Crippen LogP) is 1.48. The van der Waals surface area contributed by atoms with Gasteiger partial charge in [0, 0.05) is 19.5 Å². The largest absolute Gasteiger partial charge is 0.394 e. The molecule has 228 valence electrons. The Labute approximate surface area is 243 Å². The Morgan fingerprint density at radius 2 is 1.51 bits per heavy atom. The lowest BCUT2D eigenvalue weighted by atomic mass is 10.1. The summed E-state index contributed by atoms with van der Waals surface area (Å²) in [5.41, 5.74) is 1.54. The number of hydrogen-bond donors (Lipinski definition) is 4. The minimum atomic E-state index is -1.72. The molecule has 4 aromatic rings. The van der Waals surface area contributed by atoms with Crippen molar-refractivity contribution in [3.8, 4) is 0 Å². The number of rotatable bonds is 12. The lowest BCUT2D eigenvalue weighted by molar-refractivity contribution is -0.0427. The second-order valence-corrected chi connectivity index (χ2v) is 10.1. The maximum Gasteiger partial charge on any atom is 0.327 e. The topological polar surface area (TPSA) is 196 Å². The number of ether oxygens (including phenoxy) is 2. The molecule has 2 aliphatic rings. The summed E-state index contributed by atoms with van der Waals surface area (Å²) in [6.07, 6.45) is 1.30.